The van der Waals surface area contributed by atoms with Gasteiger partial charge in [-0.1, -0.05) is 25.0 Å². The van der Waals surface area contributed by atoms with E-state index < -0.39 is 0 Å². The summed E-state index contributed by atoms with van der Waals surface area (Å²) >= 11 is 0. The molecule has 0 heterocycles. The first-order valence-corrected chi connectivity index (χ1v) is 6.14. The Kier molecular flexibility index (Phi) is 3.49. The number of likely N-dealkylation sites (N-methyl/N-ethyl adjacent to an activating group) is 1. The zero-order chi connectivity index (χ0) is 11.5. The fourth-order valence-corrected chi connectivity index (χ4v) is 2.87. The van der Waals surface area contributed by atoms with Gasteiger partial charge >= 0.3 is 0 Å². The topological polar surface area (TPSA) is 23.5 Å². The van der Waals surface area contributed by atoms with Gasteiger partial charge in [0.15, 0.2) is 0 Å². The third-order valence-corrected chi connectivity index (χ3v) is 3.69. The Hall–Kier alpha value is -1.02. The molecule has 1 aromatic rings. The van der Waals surface area contributed by atoms with Crippen LogP contribution in [0.5, 0.6) is 5.75 Å². The smallest absolute Gasteiger partial charge is 0.115 e. The second-order valence-corrected chi connectivity index (χ2v) is 5.02. The minimum Gasteiger partial charge on any atom is -0.508 e. The molecule has 0 aromatic heterocycles. The maximum atomic E-state index is 9.55. The average Bonchev–Trinajstić information content (AvgIpc) is 2.29. The summed E-state index contributed by atoms with van der Waals surface area (Å²) in [6.45, 7) is 0. The molecule has 1 aliphatic rings. The van der Waals surface area contributed by atoms with Crippen LogP contribution >= 0.6 is 0 Å². The molecule has 1 N–H and O–H groups in total. The molecular formula is C14H21NO. The van der Waals surface area contributed by atoms with Crippen molar-refractivity contribution < 1.29 is 5.11 Å². The van der Waals surface area contributed by atoms with Crippen LogP contribution in [0.25, 0.3) is 0 Å². The molecule has 2 atom stereocenters. The van der Waals surface area contributed by atoms with Gasteiger partial charge in [0.2, 0.25) is 0 Å². The third kappa shape index (κ3) is 2.38. The highest BCUT2D eigenvalue weighted by atomic mass is 16.3. The first kappa shape index (κ1) is 11.5. The predicted molar refractivity (Wildman–Crippen MR) is 66.8 cm³/mol. The summed E-state index contributed by atoms with van der Waals surface area (Å²) in [5, 5.41) is 9.55. The zero-order valence-electron chi connectivity index (χ0n) is 10.2. The highest BCUT2D eigenvalue weighted by Gasteiger charge is 2.27. The number of phenolic OH excluding ortho intramolecular Hbond substituents is 1. The summed E-state index contributed by atoms with van der Waals surface area (Å²) in [7, 11) is 4.32. The molecular weight excluding hydrogens is 198 g/mol. The Morgan fingerprint density at radius 3 is 2.62 bits per heavy atom. The van der Waals surface area contributed by atoms with E-state index in [2.05, 4.69) is 25.1 Å². The maximum Gasteiger partial charge on any atom is 0.115 e. The van der Waals surface area contributed by atoms with Gasteiger partial charge in [-0.3, -0.25) is 0 Å². The van der Waals surface area contributed by atoms with Crippen LogP contribution in [0.3, 0.4) is 0 Å². The van der Waals surface area contributed by atoms with Crippen LogP contribution in [0.1, 0.15) is 37.2 Å². The van der Waals surface area contributed by atoms with Gasteiger partial charge in [-0.2, -0.15) is 0 Å². The van der Waals surface area contributed by atoms with Crippen molar-refractivity contribution in [2.75, 3.05) is 14.1 Å². The molecule has 0 amide bonds. The molecule has 1 aliphatic carbocycles. The first-order valence-electron chi connectivity index (χ1n) is 6.14. The van der Waals surface area contributed by atoms with Crippen LogP contribution in [0.15, 0.2) is 24.3 Å². The van der Waals surface area contributed by atoms with Crippen LogP contribution in [0.2, 0.25) is 0 Å². The highest BCUT2D eigenvalue weighted by Crippen LogP contribution is 2.36. The summed E-state index contributed by atoms with van der Waals surface area (Å²) in [5.74, 6) is 0.969. The first-order chi connectivity index (χ1) is 7.68. The normalized spacial score (nSPS) is 25.9. The molecule has 1 fully saturated rings. The maximum absolute atomic E-state index is 9.55. The predicted octanol–water partition coefficient (Wildman–Crippen LogP) is 2.98. The second-order valence-electron chi connectivity index (χ2n) is 5.02. The van der Waals surface area contributed by atoms with E-state index in [1.54, 1.807) is 6.07 Å². The molecule has 0 radical (unpaired) electrons. The molecule has 0 saturated heterocycles. The van der Waals surface area contributed by atoms with Gasteiger partial charge in [0.05, 0.1) is 0 Å². The molecule has 88 valence electrons. The third-order valence-electron chi connectivity index (χ3n) is 3.69. The number of rotatable bonds is 2. The van der Waals surface area contributed by atoms with Crippen molar-refractivity contribution >= 4 is 0 Å². The lowest BCUT2D eigenvalue weighted by molar-refractivity contribution is 0.199. The van der Waals surface area contributed by atoms with Crippen LogP contribution in [0.4, 0.5) is 0 Å². The lowest BCUT2D eigenvalue weighted by Gasteiger charge is -2.36. The summed E-state index contributed by atoms with van der Waals surface area (Å²) in [5.41, 5.74) is 1.29. The number of hydrogen-bond donors (Lipinski definition) is 1. The second kappa shape index (κ2) is 4.88. The summed E-state index contributed by atoms with van der Waals surface area (Å²) < 4.78 is 0. The highest BCUT2D eigenvalue weighted by molar-refractivity contribution is 5.31. The summed E-state index contributed by atoms with van der Waals surface area (Å²) in [6.07, 6.45) is 5.16. The van der Waals surface area contributed by atoms with E-state index in [1.807, 2.05) is 12.1 Å². The number of nitrogens with zero attached hydrogens (tertiary/aromatic N) is 1. The van der Waals surface area contributed by atoms with E-state index in [0.29, 0.717) is 17.7 Å². The molecule has 1 aromatic carbocycles. The van der Waals surface area contributed by atoms with Crippen molar-refractivity contribution in [2.24, 2.45) is 0 Å². The minimum absolute atomic E-state index is 0.389. The van der Waals surface area contributed by atoms with Crippen LogP contribution < -0.4 is 0 Å². The van der Waals surface area contributed by atoms with E-state index in [4.69, 9.17) is 0 Å². The minimum atomic E-state index is 0.389. The van der Waals surface area contributed by atoms with Gasteiger partial charge in [0, 0.05) is 6.04 Å². The molecule has 0 bridgehead atoms. The lowest BCUT2D eigenvalue weighted by atomic mass is 9.79. The number of aromatic hydroxyl groups is 1. The van der Waals surface area contributed by atoms with Crippen molar-refractivity contribution in [2.45, 2.75) is 37.6 Å². The van der Waals surface area contributed by atoms with Gasteiger partial charge in [-0.25, -0.2) is 0 Å². The fraction of sp³-hybridized carbons (Fsp3) is 0.571. The Morgan fingerprint density at radius 2 is 1.94 bits per heavy atom. The van der Waals surface area contributed by atoms with Crippen LogP contribution in [0, 0.1) is 0 Å². The van der Waals surface area contributed by atoms with Gasteiger partial charge in [0.1, 0.15) is 5.75 Å². The van der Waals surface area contributed by atoms with Gasteiger partial charge in [-0.15, -0.1) is 0 Å². The molecule has 0 spiro atoms. The van der Waals surface area contributed by atoms with E-state index in [-0.39, 0.29) is 0 Å². The van der Waals surface area contributed by atoms with Crippen LogP contribution in [-0.4, -0.2) is 30.1 Å². The van der Waals surface area contributed by atoms with Crippen molar-refractivity contribution in [1.29, 1.82) is 0 Å². The standard InChI is InChI=1S/C14H21NO/c1-15(2)14-9-4-3-8-13(14)11-6-5-7-12(16)10-11/h5-7,10,13-14,16H,3-4,8-9H2,1-2H3/t13-,14?/m0/s1. The van der Waals surface area contributed by atoms with E-state index in [9.17, 15) is 5.11 Å². The van der Waals surface area contributed by atoms with E-state index in [0.717, 1.165) is 0 Å². The van der Waals surface area contributed by atoms with Gasteiger partial charge in [0.25, 0.3) is 0 Å². The van der Waals surface area contributed by atoms with E-state index in [1.165, 1.54) is 31.2 Å². The van der Waals surface area contributed by atoms with Gasteiger partial charge < -0.3 is 10.0 Å². The Morgan fingerprint density at radius 1 is 1.19 bits per heavy atom. The number of hydrogen-bond acceptors (Lipinski definition) is 2. The lowest BCUT2D eigenvalue weighted by Crippen LogP contribution is -2.36. The van der Waals surface area contributed by atoms with Crippen molar-refractivity contribution in [3.05, 3.63) is 29.8 Å². The zero-order valence-corrected chi connectivity index (χ0v) is 10.2. The molecule has 2 rings (SSSR count). The Bertz CT molecular complexity index is 348. The summed E-state index contributed by atoms with van der Waals surface area (Å²) in [4.78, 5) is 2.33. The molecule has 2 nitrogen and oxygen atoms in total. The van der Waals surface area contributed by atoms with Gasteiger partial charge in [-0.05, 0) is 50.6 Å². The van der Waals surface area contributed by atoms with Crippen molar-refractivity contribution in [3.8, 4) is 5.75 Å². The summed E-state index contributed by atoms with van der Waals surface area (Å²) in [6, 6.07) is 8.39. The largest absolute Gasteiger partial charge is 0.508 e. The van der Waals surface area contributed by atoms with Crippen LogP contribution in [-0.2, 0) is 0 Å². The molecule has 1 unspecified atom stereocenters. The Balaban J connectivity index is 2.23. The Labute approximate surface area is 97.9 Å². The van der Waals surface area contributed by atoms with E-state index >= 15 is 0 Å². The molecule has 2 heteroatoms. The number of phenols is 1. The van der Waals surface area contributed by atoms with Crippen molar-refractivity contribution in [3.63, 3.8) is 0 Å². The average molecular weight is 219 g/mol. The number of benzene rings is 1. The SMILES string of the molecule is CN(C)C1CCCC[C@H]1c1cccc(O)c1. The quantitative estimate of drug-likeness (QED) is 0.826. The monoisotopic (exact) mass is 219 g/mol. The molecule has 16 heavy (non-hydrogen) atoms. The fourth-order valence-electron chi connectivity index (χ4n) is 2.87. The molecule has 1 saturated carbocycles. The van der Waals surface area contributed by atoms with Crippen molar-refractivity contribution in [1.82, 2.24) is 4.90 Å². The molecule has 0 aliphatic heterocycles.